The number of hydrogen-bond donors (Lipinski definition) is 1. The van der Waals surface area contributed by atoms with Gasteiger partial charge in [-0.05, 0) is 31.5 Å². The van der Waals surface area contributed by atoms with E-state index in [0.29, 0.717) is 25.9 Å². The van der Waals surface area contributed by atoms with Crippen molar-refractivity contribution in [3.63, 3.8) is 0 Å². The molecule has 0 radical (unpaired) electrons. The number of nitrogens with zero attached hydrogens (tertiary/aromatic N) is 2. The third-order valence-corrected chi connectivity index (χ3v) is 5.81. The Morgan fingerprint density at radius 3 is 2.77 bits per heavy atom. The van der Waals surface area contributed by atoms with E-state index in [-0.39, 0.29) is 16.0 Å². The molecule has 1 fully saturated rings. The molecule has 1 aromatic carbocycles. The number of nitro groups is 1. The van der Waals surface area contributed by atoms with Crippen molar-refractivity contribution in [3.8, 4) is 0 Å². The molecular weight excluding hydrogens is 330 g/mol. The highest BCUT2D eigenvalue weighted by atomic mass is 35.5. The second-order valence-corrected chi connectivity index (χ2v) is 7.43. The van der Waals surface area contributed by atoms with Gasteiger partial charge in [-0.3, -0.25) is 10.1 Å². The van der Waals surface area contributed by atoms with E-state index in [0.717, 1.165) is 18.7 Å². The second-order valence-electron chi connectivity index (χ2n) is 5.13. The van der Waals surface area contributed by atoms with Gasteiger partial charge in [-0.25, -0.2) is 8.42 Å². The summed E-state index contributed by atoms with van der Waals surface area (Å²) in [5, 5.41) is 14.4. The molecule has 1 aromatic rings. The van der Waals surface area contributed by atoms with Gasteiger partial charge in [-0.1, -0.05) is 18.5 Å². The van der Waals surface area contributed by atoms with Gasteiger partial charge in [0.05, 0.1) is 4.92 Å². The molecule has 1 aliphatic rings. The first kappa shape index (κ1) is 17.1. The molecule has 0 spiro atoms. The minimum absolute atomic E-state index is 0.158. The zero-order valence-corrected chi connectivity index (χ0v) is 13.7. The van der Waals surface area contributed by atoms with Gasteiger partial charge >= 0.3 is 0 Å². The zero-order chi connectivity index (χ0) is 16.3. The number of halogens is 1. The Morgan fingerprint density at radius 2 is 2.23 bits per heavy atom. The van der Waals surface area contributed by atoms with Crippen molar-refractivity contribution in [2.75, 3.05) is 19.6 Å². The lowest BCUT2D eigenvalue weighted by atomic mass is 10.2. The molecule has 0 bridgehead atoms. The van der Waals surface area contributed by atoms with Crippen LogP contribution in [0, 0.1) is 10.1 Å². The van der Waals surface area contributed by atoms with E-state index in [9.17, 15) is 18.5 Å². The Labute approximate surface area is 134 Å². The highest BCUT2D eigenvalue weighted by molar-refractivity contribution is 7.89. The highest BCUT2D eigenvalue weighted by Gasteiger charge is 2.36. The van der Waals surface area contributed by atoms with Crippen molar-refractivity contribution in [3.05, 3.63) is 33.3 Å². The maximum atomic E-state index is 12.9. The van der Waals surface area contributed by atoms with E-state index in [1.807, 2.05) is 6.92 Å². The molecule has 0 aliphatic carbocycles. The summed E-state index contributed by atoms with van der Waals surface area (Å²) >= 11 is 5.85. The van der Waals surface area contributed by atoms with Crippen LogP contribution in [-0.4, -0.2) is 43.3 Å². The molecule has 0 saturated carbocycles. The van der Waals surface area contributed by atoms with Crippen molar-refractivity contribution in [1.82, 2.24) is 9.62 Å². The predicted octanol–water partition coefficient (Wildman–Crippen LogP) is 2.01. The van der Waals surface area contributed by atoms with Crippen LogP contribution in [0.2, 0.25) is 5.02 Å². The largest absolute Gasteiger partial charge is 0.315 e. The summed E-state index contributed by atoms with van der Waals surface area (Å²) in [7, 11) is -3.98. The molecule has 1 saturated heterocycles. The van der Waals surface area contributed by atoms with Gasteiger partial charge in [0, 0.05) is 30.2 Å². The topological polar surface area (TPSA) is 92.6 Å². The lowest BCUT2D eigenvalue weighted by molar-refractivity contribution is -0.387. The molecular formula is C13H18ClN3O4S. The average molecular weight is 348 g/mol. The lowest BCUT2D eigenvalue weighted by Gasteiger charge is -2.27. The van der Waals surface area contributed by atoms with Gasteiger partial charge in [0.25, 0.3) is 5.69 Å². The van der Waals surface area contributed by atoms with Gasteiger partial charge in [0.15, 0.2) is 4.90 Å². The van der Waals surface area contributed by atoms with Crippen LogP contribution in [-0.2, 0) is 10.0 Å². The Kier molecular flexibility index (Phi) is 5.38. The monoisotopic (exact) mass is 347 g/mol. The van der Waals surface area contributed by atoms with Gasteiger partial charge in [-0.15, -0.1) is 0 Å². The standard InChI is InChI=1S/C13H18ClN3O4S/c1-2-7-16(11-5-6-15-9-11)22(20,21)13-8-10(14)3-4-12(13)17(18)19/h3-4,8,11,15H,2,5-7,9H2,1H3. The van der Waals surface area contributed by atoms with Gasteiger partial charge in [0.1, 0.15) is 0 Å². The first-order valence-electron chi connectivity index (χ1n) is 7.04. The fourth-order valence-corrected chi connectivity index (χ4v) is 4.74. The Hall–Kier alpha value is -1.22. The van der Waals surface area contributed by atoms with E-state index in [1.165, 1.54) is 10.4 Å². The molecule has 1 aliphatic heterocycles. The van der Waals surface area contributed by atoms with Crippen LogP contribution in [0.4, 0.5) is 5.69 Å². The summed E-state index contributed by atoms with van der Waals surface area (Å²) in [5.41, 5.74) is -0.448. The van der Waals surface area contributed by atoms with Crippen molar-refractivity contribution in [2.24, 2.45) is 0 Å². The molecule has 2 rings (SSSR count). The molecule has 0 amide bonds. The lowest BCUT2D eigenvalue weighted by Crippen LogP contribution is -2.42. The fourth-order valence-electron chi connectivity index (χ4n) is 2.58. The number of nitrogens with one attached hydrogen (secondary N) is 1. The van der Waals surface area contributed by atoms with Gasteiger partial charge < -0.3 is 5.32 Å². The smallest absolute Gasteiger partial charge is 0.289 e. The van der Waals surface area contributed by atoms with E-state index in [2.05, 4.69) is 5.32 Å². The molecule has 0 aromatic heterocycles. The van der Waals surface area contributed by atoms with Crippen molar-refractivity contribution in [1.29, 1.82) is 0 Å². The molecule has 1 atom stereocenters. The van der Waals surface area contributed by atoms with Crippen LogP contribution in [0.15, 0.2) is 23.1 Å². The summed E-state index contributed by atoms with van der Waals surface area (Å²) in [6.45, 7) is 3.47. The van der Waals surface area contributed by atoms with Crippen molar-refractivity contribution >= 4 is 27.3 Å². The summed E-state index contributed by atoms with van der Waals surface area (Å²) in [5.74, 6) is 0. The summed E-state index contributed by atoms with van der Waals surface area (Å²) in [4.78, 5) is 10.1. The minimum Gasteiger partial charge on any atom is -0.315 e. The van der Waals surface area contributed by atoms with Crippen LogP contribution in [0.5, 0.6) is 0 Å². The van der Waals surface area contributed by atoms with Gasteiger partial charge in [0.2, 0.25) is 10.0 Å². The van der Waals surface area contributed by atoms with Crippen molar-refractivity contribution < 1.29 is 13.3 Å². The molecule has 22 heavy (non-hydrogen) atoms. The summed E-state index contributed by atoms with van der Waals surface area (Å²) in [6.07, 6.45) is 1.32. The number of benzene rings is 1. The summed E-state index contributed by atoms with van der Waals surface area (Å²) < 4.78 is 27.2. The SMILES string of the molecule is CCCN(C1CCNC1)S(=O)(=O)c1cc(Cl)ccc1[N+](=O)[O-]. The van der Waals surface area contributed by atoms with Crippen molar-refractivity contribution in [2.45, 2.75) is 30.7 Å². The molecule has 1 heterocycles. The van der Waals surface area contributed by atoms with E-state index < -0.39 is 20.6 Å². The highest BCUT2D eigenvalue weighted by Crippen LogP contribution is 2.31. The molecule has 9 heteroatoms. The van der Waals surface area contributed by atoms with E-state index >= 15 is 0 Å². The van der Waals surface area contributed by atoms with Crippen LogP contribution in [0.3, 0.4) is 0 Å². The summed E-state index contributed by atoms with van der Waals surface area (Å²) in [6, 6.07) is 3.41. The first-order valence-corrected chi connectivity index (χ1v) is 8.86. The number of nitro benzene ring substituents is 1. The van der Waals surface area contributed by atoms with Crippen LogP contribution >= 0.6 is 11.6 Å². The number of hydrogen-bond acceptors (Lipinski definition) is 5. The quantitative estimate of drug-likeness (QED) is 0.627. The third-order valence-electron chi connectivity index (χ3n) is 3.59. The molecule has 1 unspecified atom stereocenters. The third kappa shape index (κ3) is 3.40. The Balaban J connectivity index is 2.51. The second kappa shape index (κ2) is 6.91. The molecule has 1 N–H and O–H groups in total. The van der Waals surface area contributed by atoms with Gasteiger partial charge in [-0.2, -0.15) is 4.31 Å². The zero-order valence-electron chi connectivity index (χ0n) is 12.2. The fraction of sp³-hybridized carbons (Fsp3) is 0.538. The maximum absolute atomic E-state index is 12.9. The predicted molar refractivity (Wildman–Crippen MR) is 83.6 cm³/mol. The molecule has 7 nitrogen and oxygen atoms in total. The van der Waals surface area contributed by atoms with E-state index in [1.54, 1.807) is 0 Å². The van der Waals surface area contributed by atoms with E-state index in [4.69, 9.17) is 11.6 Å². The minimum atomic E-state index is -3.98. The Morgan fingerprint density at radius 1 is 1.50 bits per heavy atom. The number of sulfonamides is 1. The number of rotatable bonds is 6. The maximum Gasteiger partial charge on any atom is 0.289 e. The normalized spacial score (nSPS) is 18.8. The Bertz CT molecular complexity index is 659. The van der Waals surface area contributed by atoms with Crippen LogP contribution < -0.4 is 5.32 Å². The molecule has 122 valence electrons. The average Bonchev–Trinajstić information content (AvgIpc) is 2.97. The van der Waals surface area contributed by atoms with Crippen LogP contribution in [0.25, 0.3) is 0 Å². The van der Waals surface area contributed by atoms with Crippen LogP contribution in [0.1, 0.15) is 19.8 Å². The first-order chi connectivity index (χ1) is 10.4.